The van der Waals surface area contributed by atoms with Crippen LogP contribution in [0.15, 0.2) is 16.6 Å². The summed E-state index contributed by atoms with van der Waals surface area (Å²) in [6.07, 6.45) is 0. The lowest BCUT2D eigenvalue weighted by atomic mass is 10.1. The molecule has 0 atom stereocenters. The number of nitrogens with zero attached hydrogens (tertiary/aromatic N) is 1. The molecule has 7 heteroatoms. The minimum atomic E-state index is -1.20. The molecule has 1 heterocycles. The van der Waals surface area contributed by atoms with Gasteiger partial charge in [-0.15, -0.1) is 0 Å². The lowest BCUT2D eigenvalue weighted by Gasteiger charge is -2.11. The van der Waals surface area contributed by atoms with Crippen LogP contribution < -0.4 is 5.32 Å². The molecular weight excluding hydrogens is 356 g/mol. The number of hydrogen-bond donors (Lipinski definition) is 2. The molecule has 2 rings (SSSR count). The molecule has 0 aliphatic carbocycles. The molecule has 0 saturated heterocycles. The number of carbonyl (C=O) groups is 2. The van der Waals surface area contributed by atoms with Crippen molar-refractivity contribution in [3.63, 3.8) is 0 Å². The van der Waals surface area contributed by atoms with E-state index < -0.39 is 5.97 Å². The number of aryl methyl sites for hydroxylation is 2. The van der Waals surface area contributed by atoms with E-state index in [1.165, 1.54) is 6.92 Å². The number of benzene rings is 1. The average Bonchev–Trinajstić information content (AvgIpc) is 2.78. The lowest BCUT2D eigenvalue weighted by molar-refractivity contribution is 0.0687. The summed E-state index contributed by atoms with van der Waals surface area (Å²) in [4.78, 5) is 26.8. The van der Waals surface area contributed by atoms with Gasteiger partial charge in [0.1, 0.15) is 4.88 Å². The minimum absolute atomic E-state index is 0.150. The maximum absolute atomic E-state index is 11.5. The molecular formula is C14H13BrN2O3S. The number of nitrogens with one attached hydrogen (secondary N) is 1. The van der Waals surface area contributed by atoms with Crippen molar-refractivity contribution in [1.82, 2.24) is 4.98 Å². The van der Waals surface area contributed by atoms with E-state index in [0.29, 0.717) is 5.13 Å². The number of ketones is 1. The molecule has 0 unspecified atom stereocenters. The number of Topliss-reactive ketones (excluding diaryl/α,β-unsaturated/α-hetero) is 1. The largest absolute Gasteiger partial charge is 0.476 e. The molecule has 0 radical (unpaired) electrons. The van der Waals surface area contributed by atoms with Crippen molar-refractivity contribution in [2.75, 3.05) is 5.32 Å². The van der Waals surface area contributed by atoms with Crippen LogP contribution in [0.25, 0.3) is 0 Å². The second kappa shape index (κ2) is 5.95. The van der Waals surface area contributed by atoms with Crippen LogP contribution in [0.5, 0.6) is 0 Å². The first-order valence-corrected chi connectivity index (χ1v) is 7.69. The van der Waals surface area contributed by atoms with Crippen LogP contribution in [0.2, 0.25) is 0 Å². The summed E-state index contributed by atoms with van der Waals surface area (Å²) in [7, 11) is 0. The third-order valence-electron chi connectivity index (χ3n) is 2.88. The molecule has 21 heavy (non-hydrogen) atoms. The Kier molecular flexibility index (Phi) is 4.43. The van der Waals surface area contributed by atoms with Gasteiger partial charge in [0.15, 0.2) is 16.6 Å². The number of rotatable bonds is 4. The van der Waals surface area contributed by atoms with Crippen molar-refractivity contribution < 1.29 is 14.7 Å². The van der Waals surface area contributed by atoms with Crippen LogP contribution >= 0.6 is 27.3 Å². The molecule has 0 amide bonds. The van der Waals surface area contributed by atoms with E-state index in [2.05, 4.69) is 26.2 Å². The highest BCUT2D eigenvalue weighted by Crippen LogP contribution is 2.31. The lowest BCUT2D eigenvalue weighted by Crippen LogP contribution is -2.04. The number of carboxylic acid groups (broad SMARTS) is 1. The van der Waals surface area contributed by atoms with Gasteiger partial charge in [-0.05, 0) is 37.1 Å². The molecule has 1 aromatic heterocycles. The molecule has 2 N–H and O–H groups in total. The van der Waals surface area contributed by atoms with E-state index in [4.69, 9.17) is 5.11 Å². The maximum Gasteiger partial charge on any atom is 0.356 e. The second-order valence-electron chi connectivity index (χ2n) is 4.60. The van der Waals surface area contributed by atoms with Gasteiger partial charge in [0, 0.05) is 17.1 Å². The minimum Gasteiger partial charge on any atom is -0.476 e. The zero-order valence-corrected chi connectivity index (χ0v) is 14.1. The predicted molar refractivity (Wildman–Crippen MR) is 86.0 cm³/mol. The predicted octanol–water partition coefficient (Wildman–Crippen LogP) is 4.17. The van der Waals surface area contributed by atoms with Gasteiger partial charge in [0.25, 0.3) is 0 Å². The number of hydrogen-bond acceptors (Lipinski definition) is 5. The van der Waals surface area contributed by atoms with Crippen molar-refractivity contribution in [3.8, 4) is 0 Å². The van der Waals surface area contributed by atoms with E-state index in [-0.39, 0.29) is 16.4 Å². The first kappa shape index (κ1) is 15.7. The van der Waals surface area contributed by atoms with E-state index in [1.807, 2.05) is 26.0 Å². The number of thiazole rings is 1. The van der Waals surface area contributed by atoms with Gasteiger partial charge in [-0.25, -0.2) is 9.78 Å². The number of anilines is 2. The van der Waals surface area contributed by atoms with Gasteiger partial charge < -0.3 is 10.4 Å². The standard InChI is InChI=1S/C14H13BrN2O3S/c1-6-4-9(15)5-7(2)10(6)16-14-17-11(13(19)20)12(21-14)8(3)18/h4-5H,1-3H3,(H,16,17)(H,19,20). The fourth-order valence-electron chi connectivity index (χ4n) is 1.97. The third-order valence-corrected chi connectivity index (χ3v) is 4.41. The summed E-state index contributed by atoms with van der Waals surface area (Å²) in [5, 5.41) is 12.6. The summed E-state index contributed by atoms with van der Waals surface area (Å²) in [6.45, 7) is 5.22. The van der Waals surface area contributed by atoms with Crippen LogP contribution in [-0.4, -0.2) is 21.8 Å². The molecule has 1 aromatic carbocycles. The van der Waals surface area contributed by atoms with Crippen molar-refractivity contribution >= 4 is 49.8 Å². The highest BCUT2D eigenvalue weighted by molar-refractivity contribution is 9.10. The zero-order chi connectivity index (χ0) is 15.7. The molecule has 0 fully saturated rings. The number of aromatic carboxylic acids is 1. The van der Waals surface area contributed by atoms with Crippen molar-refractivity contribution in [1.29, 1.82) is 0 Å². The Morgan fingerprint density at radius 1 is 1.29 bits per heavy atom. The molecule has 0 aliphatic heterocycles. The molecule has 2 aromatic rings. The Balaban J connectivity index is 2.43. The summed E-state index contributed by atoms with van der Waals surface area (Å²) < 4.78 is 0.970. The smallest absolute Gasteiger partial charge is 0.356 e. The molecule has 0 bridgehead atoms. The monoisotopic (exact) mass is 368 g/mol. The Morgan fingerprint density at radius 3 is 2.29 bits per heavy atom. The van der Waals surface area contributed by atoms with Crippen molar-refractivity contribution in [3.05, 3.63) is 38.3 Å². The number of aromatic nitrogens is 1. The fraction of sp³-hybridized carbons (Fsp3) is 0.214. The van der Waals surface area contributed by atoms with Gasteiger partial charge >= 0.3 is 5.97 Å². The highest BCUT2D eigenvalue weighted by Gasteiger charge is 2.21. The topological polar surface area (TPSA) is 79.3 Å². The number of carbonyl (C=O) groups excluding carboxylic acids is 1. The van der Waals surface area contributed by atoms with Crippen LogP contribution in [-0.2, 0) is 0 Å². The molecule has 0 saturated carbocycles. The van der Waals surface area contributed by atoms with Gasteiger partial charge in [0.05, 0.1) is 0 Å². The number of halogens is 1. The fourth-order valence-corrected chi connectivity index (χ4v) is 3.52. The zero-order valence-electron chi connectivity index (χ0n) is 11.7. The molecule has 110 valence electrons. The van der Waals surface area contributed by atoms with Crippen molar-refractivity contribution in [2.24, 2.45) is 0 Å². The first-order valence-electron chi connectivity index (χ1n) is 6.08. The van der Waals surface area contributed by atoms with Gasteiger partial charge in [0.2, 0.25) is 0 Å². The summed E-state index contributed by atoms with van der Waals surface area (Å²) in [6, 6.07) is 3.90. The molecule has 5 nitrogen and oxygen atoms in total. The van der Waals surface area contributed by atoms with Crippen LogP contribution in [0.3, 0.4) is 0 Å². The summed E-state index contributed by atoms with van der Waals surface area (Å²) in [5.41, 5.74) is 2.65. The average molecular weight is 369 g/mol. The van der Waals surface area contributed by atoms with Crippen LogP contribution in [0, 0.1) is 13.8 Å². The molecule has 0 aliphatic rings. The summed E-state index contributed by atoms with van der Waals surface area (Å²) >= 11 is 4.47. The van der Waals surface area contributed by atoms with Gasteiger partial charge in [-0.1, -0.05) is 27.3 Å². The van der Waals surface area contributed by atoms with Crippen LogP contribution in [0.4, 0.5) is 10.8 Å². The van der Waals surface area contributed by atoms with E-state index in [1.54, 1.807) is 0 Å². The molecule has 0 spiro atoms. The van der Waals surface area contributed by atoms with Gasteiger partial charge in [-0.2, -0.15) is 0 Å². The first-order chi connectivity index (χ1) is 9.79. The normalized spacial score (nSPS) is 10.5. The van der Waals surface area contributed by atoms with E-state index in [9.17, 15) is 9.59 Å². The van der Waals surface area contributed by atoms with E-state index in [0.717, 1.165) is 32.6 Å². The highest BCUT2D eigenvalue weighted by atomic mass is 79.9. The summed E-state index contributed by atoms with van der Waals surface area (Å²) in [5.74, 6) is -1.50. The Morgan fingerprint density at radius 2 is 1.86 bits per heavy atom. The van der Waals surface area contributed by atoms with E-state index >= 15 is 0 Å². The second-order valence-corrected chi connectivity index (χ2v) is 6.51. The SMILES string of the molecule is CC(=O)c1sc(Nc2c(C)cc(Br)cc2C)nc1C(=O)O. The van der Waals surface area contributed by atoms with Crippen molar-refractivity contribution in [2.45, 2.75) is 20.8 Å². The Hall–Kier alpha value is -1.73. The van der Waals surface area contributed by atoms with Crippen LogP contribution in [0.1, 0.15) is 38.2 Å². The Labute approximate surface area is 134 Å². The number of carboxylic acids is 1. The maximum atomic E-state index is 11.5. The Bertz CT molecular complexity index is 685. The third kappa shape index (κ3) is 3.30. The quantitative estimate of drug-likeness (QED) is 0.791. The van der Waals surface area contributed by atoms with Gasteiger partial charge in [-0.3, -0.25) is 4.79 Å².